The Kier molecular flexibility index (Phi) is 2.49. The molecule has 0 radical (unpaired) electrons. The molecule has 0 aliphatic rings. The minimum Gasteiger partial charge on any atom is -0.469 e. The van der Waals surface area contributed by atoms with Crippen molar-refractivity contribution < 1.29 is 9.21 Å². The van der Waals surface area contributed by atoms with Crippen LogP contribution in [0.5, 0.6) is 0 Å². The van der Waals surface area contributed by atoms with Crippen LogP contribution in [-0.4, -0.2) is 5.78 Å². The summed E-state index contributed by atoms with van der Waals surface area (Å²) in [7, 11) is 0. The van der Waals surface area contributed by atoms with Crippen LogP contribution in [0.3, 0.4) is 0 Å². The lowest BCUT2D eigenvalue weighted by molar-refractivity contribution is 0.103. The summed E-state index contributed by atoms with van der Waals surface area (Å²) in [6.45, 7) is 1.83. The topological polar surface area (TPSA) is 30.2 Å². The minimum atomic E-state index is -0.00222. The molecule has 0 saturated carbocycles. The number of rotatable bonds is 2. The number of fused-ring (bicyclic) bond motifs is 1. The Hall–Kier alpha value is -2.35. The van der Waals surface area contributed by atoms with Gasteiger partial charge in [-0.15, -0.1) is 0 Å². The summed E-state index contributed by atoms with van der Waals surface area (Å²) in [6.07, 6.45) is 1.51. The highest BCUT2D eigenvalue weighted by atomic mass is 16.3. The predicted octanol–water partition coefficient (Wildman–Crippen LogP) is 3.97. The molecular formula is C16H12O2. The Bertz CT molecular complexity index is 723. The van der Waals surface area contributed by atoms with Crippen LogP contribution in [0.2, 0.25) is 0 Å². The molecule has 1 aromatic heterocycles. The molecule has 18 heavy (non-hydrogen) atoms. The first-order chi connectivity index (χ1) is 8.74. The maximum Gasteiger partial charge on any atom is 0.196 e. The number of benzene rings is 2. The summed E-state index contributed by atoms with van der Waals surface area (Å²) in [5.74, 6) is 0.747. The van der Waals surface area contributed by atoms with E-state index in [-0.39, 0.29) is 5.78 Å². The molecule has 0 spiro atoms. The first kappa shape index (κ1) is 10.8. The number of carbonyl (C=O) groups is 1. The molecule has 3 aromatic rings. The first-order valence-electron chi connectivity index (χ1n) is 5.83. The molecule has 2 heteroatoms. The van der Waals surface area contributed by atoms with Gasteiger partial charge in [-0.1, -0.05) is 36.4 Å². The van der Waals surface area contributed by atoms with Gasteiger partial charge in [0.25, 0.3) is 0 Å². The van der Waals surface area contributed by atoms with Crippen LogP contribution >= 0.6 is 0 Å². The van der Waals surface area contributed by atoms with E-state index in [0.717, 1.165) is 16.5 Å². The number of furan rings is 1. The van der Waals surface area contributed by atoms with Gasteiger partial charge in [-0.05, 0) is 29.8 Å². The van der Waals surface area contributed by atoms with Gasteiger partial charge in [-0.25, -0.2) is 0 Å². The van der Waals surface area contributed by atoms with Crippen LogP contribution < -0.4 is 0 Å². The Morgan fingerprint density at radius 3 is 2.44 bits per heavy atom. The zero-order valence-corrected chi connectivity index (χ0v) is 10.0. The van der Waals surface area contributed by atoms with Gasteiger partial charge < -0.3 is 4.42 Å². The fourth-order valence-corrected chi connectivity index (χ4v) is 2.06. The quantitative estimate of drug-likeness (QED) is 0.630. The summed E-state index contributed by atoms with van der Waals surface area (Å²) in [5, 5.41) is 2.21. The van der Waals surface area contributed by atoms with Crippen molar-refractivity contribution in [3.63, 3.8) is 0 Å². The molecule has 0 aliphatic carbocycles. The van der Waals surface area contributed by atoms with E-state index in [9.17, 15) is 4.79 Å². The number of carbonyl (C=O) groups excluding carboxylic acids is 1. The lowest BCUT2D eigenvalue weighted by atomic mass is 10.0. The molecule has 1 heterocycles. The summed E-state index contributed by atoms with van der Waals surface area (Å²) in [4.78, 5) is 12.2. The lowest BCUT2D eigenvalue weighted by Gasteiger charge is -2.01. The third-order valence-corrected chi connectivity index (χ3v) is 3.00. The fourth-order valence-electron chi connectivity index (χ4n) is 2.06. The Morgan fingerprint density at radius 2 is 1.72 bits per heavy atom. The van der Waals surface area contributed by atoms with Crippen molar-refractivity contribution in [2.45, 2.75) is 6.92 Å². The van der Waals surface area contributed by atoms with Crippen LogP contribution in [0, 0.1) is 6.92 Å². The molecule has 0 amide bonds. The number of hydrogen-bond donors (Lipinski definition) is 0. The van der Waals surface area contributed by atoms with Crippen molar-refractivity contribution in [2.75, 3.05) is 0 Å². The molecule has 0 aliphatic heterocycles. The van der Waals surface area contributed by atoms with Gasteiger partial charge in [0.1, 0.15) is 12.0 Å². The van der Waals surface area contributed by atoms with Crippen LogP contribution in [0.4, 0.5) is 0 Å². The van der Waals surface area contributed by atoms with E-state index in [1.807, 2.05) is 49.4 Å². The first-order valence-corrected chi connectivity index (χ1v) is 5.83. The van der Waals surface area contributed by atoms with Gasteiger partial charge in [0.2, 0.25) is 0 Å². The van der Waals surface area contributed by atoms with E-state index in [2.05, 4.69) is 0 Å². The number of hydrogen-bond acceptors (Lipinski definition) is 2. The normalized spacial score (nSPS) is 10.7. The fraction of sp³-hybridized carbons (Fsp3) is 0.0625. The summed E-state index contributed by atoms with van der Waals surface area (Å²) >= 11 is 0. The maximum absolute atomic E-state index is 12.2. The van der Waals surface area contributed by atoms with Crippen molar-refractivity contribution in [3.8, 4) is 0 Å². The maximum atomic E-state index is 12.2. The van der Waals surface area contributed by atoms with E-state index >= 15 is 0 Å². The molecule has 0 fully saturated rings. The second kappa shape index (κ2) is 4.15. The van der Waals surface area contributed by atoms with Gasteiger partial charge in [-0.3, -0.25) is 4.79 Å². The number of ketones is 1. The molecule has 2 nitrogen and oxygen atoms in total. The van der Waals surface area contributed by atoms with E-state index < -0.39 is 0 Å². The van der Waals surface area contributed by atoms with Gasteiger partial charge in [0.15, 0.2) is 5.78 Å². The van der Waals surface area contributed by atoms with Crippen molar-refractivity contribution in [2.24, 2.45) is 0 Å². The largest absolute Gasteiger partial charge is 0.469 e. The van der Waals surface area contributed by atoms with Crippen LogP contribution in [0.15, 0.2) is 59.2 Å². The average molecular weight is 236 g/mol. The van der Waals surface area contributed by atoms with Crippen LogP contribution in [0.1, 0.15) is 21.7 Å². The molecule has 0 unspecified atom stereocenters. The molecular weight excluding hydrogens is 224 g/mol. The molecule has 2 aromatic carbocycles. The van der Waals surface area contributed by atoms with E-state index in [4.69, 9.17) is 4.42 Å². The Labute approximate surface area is 105 Å². The molecule has 88 valence electrons. The molecule has 0 bridgehead atoms. The van der Waals surface area contributed by atoms with Gasteiger partial charge in [0, 0.05) is 5.56 Å². The zero-order chi connectivity index (χ0) is 12.5. The van der Waals surface area contributed by atoms with Crippen LogP contribution in [0.25, 0.3) is 10.8 Å². The third kappa shape index (κ3) is 1.82. The van der Waals surface area contributed by atoms with Crippen molar-refractivity contribution in [1.29, 1.82) is 0 Å². The predicted molar refractivity (Wildman–Crippen MR) is 70.8 cm³/mol. The average Bonchev–Trinajstić information content (AvgIpc) is 2.84. The molecule has 3 rings (SSSR count). The van der Waals surface area contributed by atoms with E-state index in [0.29, 0.717) is 11.1 Å². The minimum absolute atomic E-state index is 0.00222. The SMILES string of the molecule is Cc1cc(C(=O)c2ccc3ccccc3c2)co1. The highest BCUT2D eigenvalue weighted by Gasteiger charge is 2.11. The highest BCUT2D eigenvalue weighted by molar-refractivity contribution is 6.10. The number of aryl methyl sites for hydroxylation is 1. The van der Waals surface area contributed by atoms with Crippen molar-refractivity contribution >= 4 is 16.6 Å². The van der Waals surface area contributed by atoms with Crippen molar-refractivity contribution in [3.05, 3.63) is 71.7 Å². The van der Waals surface area contributed by atoms with E-state index in [1.54, 1.807) is 6.07 Å². The highest BCUT2D eigenvalue weighted by Crippen LogP contribution is 2.19. The third-order valence-electron chi connectivity index (χ3n) is 3.00. The van der Waals surface area contributed by atoms with Gasteiger partial charge in [0.05, 0.1) is 5.56 Å². The molecule has 0 N–H and O–H groups in total. The summed E-state index contributed by atoms with van der Waals surface area (Å²) in [6, 6.07) is 15.5. The lowest BCUT2D eigenvalue weighted by Crippen LogP contribution is -1.99. The second-order valence-corrected chi connectivity index (χ2v) is 4.34. The van der Waals surface area contributed by atoms with Gasteiger partial charge >= 0.3 is 0 Å². The second-order valence-electron chi connectivity index (χ2n) is 4.34. The molecule has 0 atom stereocenters. The van der Waals surface area contributed by atoms with Crippen LogP contribution in [-0.2, 0) is 0 Å². The monoisotopic (exact) mass is 236 g/mol. The Balaban J connectivity index is 2.06. The van der Waals surface area contributed by atoms with E-state index in [1.165, 1.54) is 6.26 Å². The summed E-state index contributed by atoms with van der Waals surface area (Å²) in [5.41, 5.74) is 1.29. The molecule has 0 saturated heterocycles. The van der Waals surface area contributed by atoms with Crippen molar-refractivity contribution in [1.82, 2.24) is 0 Å². The summed E-state index contributed by atoms with van der Waals surface area (Å²) < 4.78 is 5.17. The Morgan fingerprint density at radius 1 is 0.944 bits per heavy atom. The smallest absolute Gasteiger partial charge is 0.196 e. The van der Waals surface area contributed by atoms with Gasteiger partial charge in [-0.2, -0.15) is 0 Å². The standard InChI is InChI=1S/C16H12O2/c1-11-8-15(10-18-11)16(17)14-7-6-12-4-2-3-5-13(12)9-14/h2-10H,1H3. The zero-order valence-electron chi connectivity index (χ0n) is 10.0.